The summed E-state index contributed by atoms with van der Waals surface area (Å²) in [4.78, 5) is 34.9. The van der Waals surface area contributed by atoms with Crippen molar-refractivity contribution < 1.29 is 22.7 Å². The molecule has 46 heavy (non-hydrogen) atoms. The highest BCUT2D eigenvalue weighted by Crippen LogP contribution is 2.53. The molecule has 0 bridgehead atoms. The van der Waals surface area contributed by atoms with E-state index in [9.17, 15) is 18.5 Å². The van der Waals surface area contributed by atoms with Crippen molar-refractivity contribution in [2.45, 2.75) is 24.3 Å². The zero-order valence-electron chi connectivity index (χ0n) is 25.4. The number of nitrogens with one attached hydrogen (secondary N) is 1. The van der Waals surface area contributed by atoms with E-state index in [4.69, 9.17) is 4.74 Å². The number of aromatic nitrogens is 1. The summed E-state index contributed by atoms with van der Waals surface area (Å²) in [5, 5.41) is 12.6. The fourth-order valence-electron chi connectivity index (χ4n) is 6.34. The van der Waals surface area contributed by atoms with Crippen LogP contribution in [0.5, 0.6) is 5.75 Å². The molecule has 3 heterocycles. The van der Waals surface area contributed by atoms with Gasteiger partial charge in [-0.15, -0.1) is 0 Å². The Balaban J connectivity index is 1.53. The maximum atomic E-state index is 15.2. The Hall–Kier alpha value is -5.25. The molecule has 12 heteroatoms. The van der Waals surface area contributed by atoms with Crippen LogP contribution in [-0.2, 0) is 25.2 Å². The lowest BCUT2D eigenvalue weighted by Crippen LogP contribution is -2.60. The molecule has 0 saturated carbocycles. The van der Waals surface area contributed by atoms with E-state index in [0.29, 0.717) is 60.9 Å². The minimum Gasteiger partial charge on any atom is -0.493 e. The van der Waals surface area contributed by atoms with Gasteiger partial charge in [0.2, 0.25) is 5.91 Å². The van der Waals surface area contributed by atoms with Gasteiger partial charge >= 0.3 is 0 Å². The molecule has 11 nitrogen and oxygen atoms in total. The molecule has 0 aliphatic carbocycles. The molecular formula is C34H32N6O5S. The summed E-state index contributed by atoms with van der Waals surface area (Å²) < 4.78 is 35.8. The first-order valence-electron chi connectivity index (χ1n) is 14.9. The monoisotopic (exact) mass is 636 g/mol. The molecule has 0 radical (unpaired) electrons. The Bertz CT molecular complexity index is 1940. The largest absolute Gasteiger partial charge is 0.493 e. The summed E-state index contributed by atoms with van der Waals surface area (Å²) in [6.45, 7) is 5.45. The second-order valence-corrected chi connectivity index (χ2v) is 12.7. The number of piperazine rings is 1. The number of carbonyl (C=O) groups excluding carboxylic acids is 2. The van der Waals surface area contributed by atoms with Crippen LogP contribution in [0.25, 0.3) is 0 Å². The van der Waals surface area contributed by atoms with Gasteiger partial charge in [-0.25, -0.2) is 12.7 Å². The number of ether oxygens (including phenoxy) is 1. The average molecular weight is 637 g/mol. The summed E-state index contributed by atoms with van der Waals surface area (Å²) in [5.74, 6) is -0.537. The lowest BCUT2D eigenvalue weighted by Gasteiger charge is -2.46. The smallest absolute Gasteiger partial charge is 0.271 e. The third-order valence-corrected chi connectivity index (χ3v) is 10.0. The SMILES string of the molecule is CCOc1ccccc1C1(N2CCN(c3ccncc3)CC2)C(=O)N(S(=O)(=O)c2ccc(NC(C)=O)cc2)c2ccc(C#N)cc21. The average Bonchev–Trinajstić information content (AvgIpc) is 3.34. The summed E-state index contributed by atoms with van der Waals surface area (Å²) in [7, 11) is -4.46. The van der Waals surface area contributed by atoms with Gasteiger partial charge < -0.3 is 15.0 Å². The Labute approximate surface area is 267 Å². The molecule has 0 spiro atoms. The highest BCUT2D eigenvalue weighted by molar-refractivity contribution is 7.93. The van der Waals surface area contributed by atoms with Gasteiger partial charge in [0.1, 0.15) is 5.75 Å². The highest BCUT2D eigenvalue weighted by Gasteiger charge is 2.60. The molecule has 1 unspecified atom stereocenters. The predicted octanol–water partition coefficient (Wildman–Crippen LogP) is 4.11. The third-order valence-electron chi connectivity index (χ3n) is 8.30. The molecule has 1 aromatic heterocycles. The predicted molar refractivity (Wildman–Crippen MR) is 173 cm³/mol. The van der Waals surface area contributed by atoms with Crippen LogP contribution in [0, 0.1) is 11.3 Å². The second-order valence-electron chi connectivity index (χ2n) is 10.9. The number of sulfonamides is 1. The van der Waals surface area contributed by atoms with Crippen molar-refractivity contribution in [3.8, 4) is 11.8 Å². The number of para-hydroxylation sites is 1. The molecule has 2 aliphatic heterocycles. The van der Waals surface area contributed by atoms with E-state index in [1.54, 1.807) is 42.7 Å². The summed E-state index contributed by atoms with van der Waals surface area (Å²) in [6, 6.07) is 23.5. The lowest BCUT2D eigenvalue weighted by atomic mass is 9.80. The number of benzene rings is 3. The molecule has 1 saturated heterocycles. The number of amides is 2. The maximum absolute atomic E-state index is 15.2. The first-order chi connectivity index (χ1) is 22.2. The van der Waals surface area contributed by atoms with Crippen molar-refractivity contribution in [2.24, 2.45) is 0 Å². The molecule has 1 N–H and O–H groups in total. The normalized spacial score (nSPS) is 18.2. The summed E-state index contributed by atoms with van der Waals surface area (Å²) >= 11 is 0. The fourth-order valence-corrected chi connectivity index (χ4v) is 7.80. The number of hydrogen-bond acceptors (Lipinski definition) is 9. The van der Waals surface area contributed by atoms with Crippen molar-refractivity contribution in [3.05, 3.63) is 108 Å². The number of anilines is 3. The van der Waals surface area contributed by atoms with Crippen molar-refractivity contribution in [3.63, 3.8) is 0 Å². The standard InChI is InChI=1S/C34H32N6O5S/c1-3-45-32-7-5-4-6-29(32)34(39-20-18-38(19-21-39)27-14-16-36-17-15-27)30-22-25(23-35)8-13-31(30)40(33(34)42)46(43,44)28-11-9-26(10-12-28)37-24(2)41/h4-17,22H,3,18-21H2,1-2H3,(H,37,41). The third kappa shape index (κ3) is 5.13. The van der Waals surface area contributed by atoms with Gasteiger partial charge in [-0.2, -0.15) is 5.26 Å². The molecule has 4 aromatic rings. The number of rotatable bonds is 8. The van der Waals surface area contributed by atoms with Crippen molar-refractivity contribution in [1.82, 2.24) is 9.88 Å². The first-order valence-corrected chi connectivity index (χ1v) is 16.3. The van der Waals surface area contributed by atoms with E-state index in [-0.39, 0.29) is 16.5 Å². The quantitative estimate of drug-likeness (QED) is 0.303. The number of hydrogen-bond donors (Lipinski definition) is 1. The van der Waals surface area contributed by atoms with Crippen LogP contribution in [0.1, 0.15) is 30.5 Å². The van der Waals surface area contributed by atoms with Gasteiger partial charge in [-0.3, -0.25) is 19.5 Å². The Kier molecular flexibility index (Phi) is 8.20. The molecule has 1 fully saturated rings. The van der Waals surface area contributed by atoms with Crippen LogP contribution in [-0.4, -0.2) is 62.9 Å². The van der Waals surface area contributed by atoms with Crippen LogP contribution in [0.4, 0.5) is 17.1 Å². The van der Waals surface area contributed by atoms with Gasteiger partial charge in [-0.1, -0.05) is 18.2 Å². The van der Waals surface area contributed by atoms with Crippen LogP contribution >= 0.6 is 0 Å². The van der Waals surface area contributed by atoms with Crippen molar-refractivity contribution >= 4 is 38.9 Å². The molecule has 234 valence electrons. The van der Waals surface area contributed by atoms with E-state index in [1.807, 2.05) is 24.0 Å². The van der Waals surface area contributed by atoms with E-state index < -0.39 is 21.5 Å². The topological polar surface area (TPSA) is 136 Å². The van der Waals surface area contributed by atoms with Gasteiger partial charge in [0.15, 0.2) is 5.54 Å². The first kappa shape index (κ1) is 30.8. The number of pyridine rings is 1. The highest BCUT2D eigenvalue weighted by atomic mass is 32.2. The minimum absolute atomic E-state index is 0.123. The fraction of sp³-hybridized carbons (Fsp3) is 0.235. The maximum Gasteiger partial charge on any atom is 0.271 e. The molecule has 2 amide bonds. The minimum atomic E-state index is -4.46. The van der Waals surface area contributed by atoms with E-state index in [1.165, 1.54) is 43.3 Å². The second kappa shape index (κ2) is 12.3. The zero-order chi connectivity index (χ0) is 32.5. The Morgan fingerprint density at radius 2 is 1.67 bits per heavy atom. The summed E-state index contributed by atoms with van der Waals surface area (Å²) in [6.07, 6.45) is 3.46. The molecule has 3 aromatic carbocycles. The Morgan fingerprint density at radius 3 is 2.33 bits per heavy atom. The zero-order valence-corrected chi connectivity index (χ0v) is 26.2. The van der Waals surface area contributed by atoms with Crippen LogP contribution < -0.4 is 19.3 Å². The van der Waals surface area contributed by atoms with Gasteiger partial charge in [0.05, 0.1) is 28.8 Å². The molecule has 1 atom stereocenters. The number of carbonyl (C=O) groups is 2. The van der Waals surface area contributed by atoms with Crippen LogP contribution in [0.15, 0.2) is 96.2 Å². The van der Waals surface area contributed by atoms with E-state index in [2.05, 4.69) is 21.3 Å². The molecule has 2 aliphatic rings. The number of nitrogens with zero attached hydrogens (tertiary/aromatic N) is 5. The lowest BCUT2D eigenvalue weighted by molar-refractivity contribution is -0.127. The van der Waals surface area contributed by atoms with Gasteiger partial charge in [-0.05, 0) is 67.6 Å². The molecular weight excluding hydrogens is 604 g/mol. The van der Waals surface area contributed by atoms with E-state index in [0.717, 1.165) is 9.99 Å². The van der Waals surface area contributed by atoms with Gasteiger partial charge in [0.25, 0.3) is 15.9 Å². The Morgan fingerprint density at radius 1 is 0.978 bits per heavy atom. The van der Waals surface area contributed by atoms with Crippen LogP contribution in [0.2, 0.25) is 0 Å². The van der Waals surface area contributed by atoms with Crippen molar-refractivity contribution in [2.75, 3.05) is 47.3 Å². The number of nitriles is 1. The van der Waals surface area contributed by atoms with Crippen molar-refractivity contribution in [1.29, 1.82) is 5.26 Å². The molecule has 6 rings (SSSR count). The van der Waals surface area contributed by atoms with E-state index >= 15 is 4.79 Å². The van der Waals surface area contributed by atoms with Crippen LogP contribution in [0.3, 0.4) is 0 Å². The number of fused-ring (bicyclic) bond motifs is 1. The van der Waals surface area contributed by atoms with Gasteiger partial charge in [0, 0.05) is 68.0 Å². The summed E-state index contributed by atoms with van der Waals surface area (Å²) in [5.41, 5.74) is 1.13.